The summed E-state index contributed by atoms with van der Waals surface area (Å²) >= 11 is 0. The maximum absolute atomic E-state index is 16.8. The number of aryl methyl sites for hydroxylation is 1. The third kappa shape index (κ3) is 9.10. The van der Waals surface area contributed by atoms with Crippen LogP contribution in [0.5, 0.6) is 0 Å². The molecule has 4 aromatic rings. The lowest BCUT2D eigenvalue weighted by Gasteiger charge is -2.37. The molecule has 366 valence electrons. The van der Waals surface area contributed by atoms with Gasteiger partial charge in [0.05, 0.1) is 36.6 Å². The van der Waals surface area contributed by atoms with Gasteiger partial charge in [-0.05, 0) is 61.0 Å². The Kier molecular flexibility index (Phi) is 14.0. The molecule has 3 amide bonds. The zero-order valence-electron chi connectivity index (χ0n) is 37.1. The van der Waals surface area contributed by atoms with E-state index in [2.05, 4.69) is 20.9 Å². The van der Waals surface area contributed by atoms with E-state index in [1.807, 2.05) is 30.3 Å². The number of aliphatic hydroxyl groups excluding tert-OH is 9. The molecule has 5 heterocycles. The summed E-state index contributed by atoms with van der Waals surface area (Å²) in [6, 6.07) is 20.1. The molecule has 15 atom stereocenters. The quantitative estimate of drug-likeness (QED) is 0.0583. The van der Waals surface area contributed by atoms with Crippen molar-refractivity contribution < 1.29 is 78.7 Å². The summed E-state index contributed by atoms with van der Waals surface area (Å²) in [5.41, 5.74) is 0.0586. The van der Waals surface area contributed by atoms with Crippen molar-refractivity contribution in [3.05, 3.63) is 101 Å². The van der Waals surface area contributed by atoms with Crippen LogP contribution in [0.4, 0.5) is 21.2 Å². The second kappa shape index (κ2) is 19.3. The second-order valence-corrected chi connectivity index (χ2v) is 22.0. The van der Waals surface area contributed by atoms with Crippen molar-refractivity contribution >= 4 is 43.2 Å². The number of hydrogen-bond acceptors (Lipinski definition) is 17. The number of nitrogens with zero attached hydrogens (tertiary/aromatic N) is 4. The summed E-state index contributed by atoms with van der Waals surface area (Å²) in [7, 11) is -3.70. The van der Waals surface area contributed by atoms with E-state index in [-0.39, 0.29) is 43.1 Å². The van der Waals surface area contributed by atoms with Crippen LogP contribution in [0, 0.1) is 5.92 Å². The van der Waals surface area contributed by atoms with Crippen molar-refractivity contribution in [1.82, 2.24) is 15.0 Å². The summed E-state index contributed by atoms with van der Waals surface area (Å²) < 4.78 is 35.5. The number of amides is 3. The van der Waals surface area contributed by atoms with Gasteiger partial charge in [-0.15, -0.1) is 5.10 Å². The molecule has 3 saturated heterocycles. The van der Waals surface area contributed by atoms with Crippen LogP contribution in [0.25, 0.3) is 0 Å². The smallest absolute Gasteiger partial charge is 0.264 e. The highest BCUT2D eigenvalue weighted by Gasteiger charge is 2.67. The van der Waals surface area contributed by atoms with Gasteiger partial charge in [0.15, 0.2) is 30.4 Å². The molecule has 3 fully saturated rings. The number of rotatable bonds is 13. The lowest BCUT2D eigenvalue weighted by molar-refractivity contribution is -0.274. The monoisotopic (exact) mass is 966 g/mol. The third-order valence-corrected chi connectivity index (χ3v) is 15.9. The van der Waals surface area contributed by atoms with Crippen LogP contribution in [-0.4, -0.2) is 161 Å². The van der Waals surface area contributed by atoms with Crippen LogP contribution in [0.2, 0.25) is 18.6 Å². The number of carbonyl (C=O) groups excluding carboxylic acids is 3. The van der Waals surface area contributed by atoms with Crippen LogP contribution in [0.1, 0.15) is 41.6 Å². The third-order valence-electron chi connectivity index (χ3n) is 13.4. The van der Waals surface area contributed by atoms with Gasteiger partial charge in [0, 0.05) is 41.1 Å². The fraction of sp³-hybridized carbons (Fsp3) is 0.489. The van der Waals surface area contributed by atoms with E-state index in [0.29, 0.717) is 16.9 Å². The van der Waals surface area contributed by atoms with Crippen molar-refractivity contribution in [3.8, 4) is 0 Å². The van der Waals surface area contributed by atoms with Crippen LogP contribution < -0.4 is 15.5 Å². The number of fused-ring (bicyclic) bond motifs is 2. The average Bonchev–Trinajstić information content (AvgIpc) is 3.97. The van der Waals surface area contributed by atoms with Gasteiger partial charge in [0.1, 0.15) is 36.6 Å². The summed E-state index contributed by atoms with van der Waals surface area (Å²) in [6.45, 7) is 4.65. The molecule has 11 N–H and O–H groups in total. The fourth-order valence-electron chi connectivity index (χ4n) is 9.96. The molecule has 1 unspecified atom stereocenters. The highest BCUT2D eigenvalue weighted by atomic mass is 28.4. The van der Waals surface area contributed by atoms with E-state index in [1.165, 1.54) is 42.3 Å². The molecule has 0 radical (unpaired) electrons. The number of aromatic nitrogens is 3. The number of benzene rings is 3. The Bertz CT molecular complexity index is 2490. The van der Waals surface area contributed by atoms with E-state index in [1.54, 1.807) is 36.0 Å². The first kappa shape index (κ1) is 49.3. The Hall–Kier alpha value is -5.12. The van der Waals surface area contributed by atoms with Crippen molar-refractivity contribution in [2.75, 3.05) is 22.1 Å². The summed E-state index contributed by atoms with van der Waals surface area (Å²) in [5, 5.41) is 105. The number of carbonyl (C=O) groups is 3. The topological polar surface area (TPSA) is 319 Å². The number of aliphatic hydroxyl groups is 9. The molecule has 23 heteroatoms. The Balaban J connectivity index is 1.10. The van der Waals surface area contributed by atoms with E-state index in [0.717, 1.165) is 5.56 Å². The molecule has 0 aliphatic carbocycles. The Morgan fingerprint density at radius 1 is 0.809 bits per heavy atom. The van der Waals surface area contributed by atoms with Crippen molar-refractivity contribution in [2.45, 2.75) is 124 Å². The summed E-state index contributed by atoms with van der Waals surface area (Å²) in [4.78, 5) is 43.5. The molecule has 3 aromatic carbocycles. The first-order valence-corrected chi connectivity index (χ1v) is 25.1. The molecule has 1 spiro atoms. The van der Waals surface area contributed by atoms with Gasteiger partial charge >= 0.3 is 0 Å². The normalized spacial score (nSPS) is 33.1. The van der Waals surface area contributed by atoms with Crippen LogP contribution in [0.3, 0.4) is 0 Å². The van der Waals surface area contributed by atoms with Crippen molar-refractivity contribution in [1.29, 1.82) is 0 Å². The minimum Gasteiger partial charge on any atom is -0.395 e. The van der Waals surface area contributed by atoms with E-state index < -0.39 is 117 Å². The molecular formula is C45H55FN6O15Si. The number of anilines is 3. The SMILES string of the molecule is C[C@H]1[C@H]([Si](C)(C)F)[C@@H](CCn2cc(C(CO)c3ccccc3)nn2)O[C@]12C(=O)N(Cc1cccc(NC(=O)[C@H]3O[C@@H](O)[C@H](O)[C@@H](O)[C@@H]3O)c1)c1ccc(NC(=O)[C@H]3O[C@@H](O)[C@H](O)[C@@H](O)[C@@H]3O)cc12. The van der Waals surface area contributed by atoms with E-state index in [4.69, 9.17) is 14.2 Å². The molecule has 1 aromatic heterocycles. The van der Waals surface area contributed by atoms with E-state index in [9.17, 15) is 55.5 Å². The van der Waals surface area contributed by atoms with Gasteiger partial charge in [-0.25, -0.2) is 0 Å². The Morgan fingerprint density at radius 3 is 2.00 bits per heavy atom. The first-order chi connectivity index (χ1) is 32.2. The molecule has 68 heavy (non-hydrogen) atoms. The van der Waals surface area contributed by atoms with Gasteiger partial charge in [-0.3, -0.25) is 19.1 Å². The maximum Gasteiger partial charge on any atom is 0.264 e. The summed E-state index contributed by atoms with van der Waals surface area (Å²) in [6.07, 6.45) is -17.8. The second-order valence-electron chi connectivity index (χ2n) is 18.3. The zero-order valence-corrected chi connectivity index (χ0v) is 38.1. The molecule has 8 rings (SSSR count). The minimum atomic E-state index is -3.70. The van der Waals surface area contributed by atoms with Gasteiger partial charge in [0.2, 0.25) is 8.41 Å². The first-order valence-electron chi connectivity index (χ1n) is 22.1. The molecule has 0 saturated carbocycles. The zero-order chi connectivity index (χ0) is 49.0. The number of ether oxygens (including phenoxy) is 3. The number of halogens is 1. The largest absolute Gasteiger partial charge is 0.395 e. The number of nitrogens with one attached hydrogen (secondary N) is 2. The van der Waals surface area contributed by atoms with Crippen molar-refractivity contribution in [3.63, 3.8) is 0 Å². The molecule has 0 bridgehead atoms. The maximum atomic E-state index is 16.8. The van der Waals surface area contributed by atoms with Gasteiger partial charge < -0.3 is 79.8 Å². The molecule has 4 aliphatic heterocycles. The summed E-state index contributed by atoms with van der Waals surface area (Å²) in [5.74, 6) is -3.77. The molecular weight excluding hydrogens is 912 g/mol. The Labute approximate surface area is 389 Å². The van der Waals surface area contributed by atoms with Gasteiger partial charge in [0.25, 0.3) is 17.7 Å². The van der Waals surface area contributed by atoms with Gasteiger partial charge in [-0.1, -0.05) is 54.6 Å². The minimum absolute atomic E-state index is 0.0767. The predicted molar refractivity (Wildman–Crippen MR) is 237 cm³/mol. The van der Waals surface area contributed by atoms with Crippen molar-refractivity contribution in [2.24, 2.45) is 5.92 Å². The molecule has 4 aliphatic rings. The number of hydrogen-bond donors (Lipinski definition) is 11. The average molecular weight is 967 g/mol. The van der Waals surface area contributed by atoms with E-state index >= 15 is 8.90 Å². The van der Waals surface area contributed by atoms with Crippen LogP contribution >= 0.6 is 0 Å². The highest BCUT2D eigenvalue weighted by Crippen LogP contribution is 2.60. The van der Waals surface area contributed by atoms with Gasteiger partial charge in [-0.2, -0.15) is 0 Å². The fourth-order valence-corrected chi connectivity index (χ4v) is 12.5. The van der Waals surface area contributed by atoms with Crippen LogP contribution in [-0.2, 0) is 47.3 Å². The predicted octanol–water partition coefficient (Wildman–Crippen LogP) is -0.709. The van der Waals surface area contributed by atoms with Crippen LogP contribution in [0.15, 0.2) is 79.0 Å². The Morgan fingerprint density at radius 2 is 1.41 bits per heavy atom. The highest BCUT2D eigenvalue weighted by molar-refractivity contribution is 6.72. The standard InChI is InChI=1S/C45H55FN6O15Si/c1-21-39(68(2,3)46)30(14-15-51-19-28(49-50-51)26(20-53)23-9-5-4-6-10-23)67-45(21)27-17-25(48-41(61)38-34(57)32(55)36(59)43(63)66-38)12-13-29(27)52(44(45)64)18-22-8-7-11-24(16-22)47-40(60)37-33(56)31(54)35(58)42(62)65-37/h4-13,16-17,19,21,26,30-39,42-43,53-59,62-63H,14-15,18,20H2,1-3H3,(H,47,60)(H,48,61)/t21-,26?,30+,31-,32-,33-,34-,35+,36+,37-,38-,39-,42+,43+,45+/m0/s1. The lowest BCUT2D eigenvalue weighted by atomic mass is 9.82. The lowest BCUT2D eigenvalue weighted by Crippen LogP contribution is -2.60. The molecule has 21 nitrogen and oxygen atoms in total.